The second-order valence-corrected chi connectivity index (χ2v) is 9.02. The van der Waals surface area contributed by atoms with E-state index in [1.807, 2.05) is 19.0 Å². The number of halogens is 2. The molecule has 0 saturated carbocycles. The largest absolute Gasteiger partial charge is 0.507 e. The molecule has 1 fully saturated rings. The SMILES string of the molecule is COc1cc([C@H]2C(=C(O)c3ccc(C)c(F)c3)C(=O)C(=O)N2CCCN(C)C)cc(Br)c1O. The molecule has 176 valence electrons. The zero-order chi connectivity index (χ0) is 24.4. The highest BCUT2D eigenvalue weighted by atomic mass is 79.9. The van der Waals surface area contributed by atoms with Crippen LogP contribution in [0.1, 0.15) is 29.2 Å². The molecule has 0 radical (unpaired) electrons. The van der Waals surface area contributed by atoms with Crippen LogP contribution in [-0.2, 0) is 9.59 Å². The van der Waals surface area contributed by atoms with Gasteiger partial charge in [-0.05, 0) is 79.2 Å². The number of likely N-dealkylation sites (tertiary alicyclic amines) is 1. The molecule has 2 N–H and O–H groups in total. The third-order valence-corrected chi connectivity index (χ3v) is 6.18. The van der Waals surface area contributed by atoms with Crippen LogP contribution in [0.15, 0.2) is 40.4 Å². The van der Waals surface area contributed by atoms with Crippen LogP contribution in [0.3, 0.4) is 0 Å². The summed E-state index contributed by atoms with van der Waals surface area (Å²) in [6, 6.07) is 6.26. The van der Waals surface area contributed by atoms with E-state index in [-0.39, 0.29) is 29.2 Å². The predicted molar refractivity (Wildman–Crippen MR) is 126 cm³/mol. The third-order valence-electron chi connectivity index (χ3n) is 5.58. The van der Waals surface area contributed by atoms with Crippen LogP contribution in [0, 0.1) is 12.7 Å². The fraction of sp³-hybridized carbons (Fsp3) is 0.333. The van der Waals surface area contributed by atoms with E-state index in [1.165, 1.54) is 30.2 Å². The molecule has 3 rings (SSSR count). The number of methoxy groups -OCH3 is 1. The Balaban J connectivity index is 2.19. The van der Waals surface area contributed by atoms with Crippen LogP contribution >= 0.6 is 15.9 Å². The molecule has 2 aromatic rings. The molecule has 0 spiro atoms. The van der Waals surface area contributed by atoms with Gasteiger partial charge in [0, 0.05) is 12.1 Å². The number of Topliss-reactive ketones (excluding diaryl/α,β-unsaturated/α-hetero) is 1. The van der Waals surface area contributed by atoms with E-state index in [2.05, 4.69) is 15.9 Å². The smallest absolute Gasteiger partial charge is 0.295 e. The van der Waals surface area contributed by atoms with Gasteiger partial charge in [-0.2, -0.15) is 0 Å². The molecular formula is C24H26BrFN2O5. The van der Waals surface area contributed by atoms with Crippen molar-refractivity contribution in [2.24, 2.45) is 0 Å². The maximum Gasteiger partial charge on any atom is 0.295 e. The molecule has 1 atom stereocenters. The lowest BCUT2D eigenvalue weighted by Crippen LogP contribution is -2.32. The van der Waals surface area contributed by atoms with E-state index in [9.17, 15) is 24.2 Å². The lowest BCUT2D eigenvalue weighted by Gasteiger charge is -2.26. The second kappa shape index (κ2) is 9.93. The topological polar surface area (TPSA) is 90.3 Å². The normalized spacial score (nSPS) is 17.8. The van der Waals surface area contributed by atoms with E-state index in [0.29, 0.717) is 28.6 Å². The number of aliphatic hydroxyl groups is 1. The van der Waals surface area contributed by atoms with Crippen molar-refractivity contribution < 1.29 is 28.9 Å². The monoisotopic (exact) mass is 520 g/mol. The summed E-state index contributed by atoms with van der Waals surface area (Å²) < 4.78 is 19.7. The zero-order valence-corrected chi connectivity index (χ0v) is 20.4. The Morgan fingerprint density at radius 1 is 1.24 bits per heavy atom. The van der Waals surface area contributed by atoms with Gasteiger partial charge in [0.05, 0.1) is 23.2 Å². The fourth-order valence-corrected chi connectivity index (χ4v) is 4.28. The molecule has 7 nitrogen and oxygen atoms in total. The minimum absolute atomic E-state index is 0.0965. The van der Waals surface area contributed by atoms with E-state index in [0.717, 1.165) is 6.07 Å². The number of hydrogen-bond donors (Lipinski definition) is 2. The van der Waals surface area contributed by atoms with Crippen LogP contribution in [0.2, 0.25) is 0 Å². The minimum atomic E-state index is -0.942. The molecule has 2 aromatic carbocycles. The first kappa shape index (κ1) is 24.7. The van der Waals surface area contributed by atoms with Gasteiger partial charge in [-0.3, -0.25) is 9.59 Å². The molecule has 1 amide bonds. The lowest BCUT2D eigenvalue weighted by molar-refractivity contribution is -0.139. The predicted octanol–water partition coefficient (Wildman–Crippen LogP) is 3.98. The number of phenolic OH excluding ortho intramolecular Hbond substituents is 1. The van der Waals surface area contributed by atoms with Crippen molar-refractivity contribution >= 4 is 33.4 Å². The number of carbonyl (C=O) groups excluding carboxylic acids is 2. The quantitative estimate of drug-likeness (QED) is 0.326. The molecule has 1 heterocycles. The van der Waals surface area contributed by atoms with E-state index < -0.39 is 29.3 Å². The molecule has 0 aliphatic carbocycles. The van der Waals surface area contributed by atoms with Crippen molar-refractivity contribution in [2.75, 3.05) is 34.3 Å². The molecule has 33 heavy (non-hydrogen) atoms. The summed E-state index contributed by atoms with van der Waals surface area (Å²) in [6.07, 6.45) is 0.589. The maximum absolute atomic E-state index is 14.2. The Bertz CT molecular complexity index is 1130. The van der Waals surface area contributed by atoms with Crippen LogP contribution in [0.25, 0.3) is 5.76 Å². The number of nitrogens with zero attached hydrogens (tertiary/aromatic N) is 2. The number of carbonyl (C=O) groups is 2. The van der Waals surface area contributed by atoms with Crippen molar-refractivity contribution in [1.29, 1.82) is 0 Å². The number of ether oxygens (including phenoxy) is 1. The van der Waals surface area contributed by atoms with Gasteiger partial charge in [-0.1, -0.05) is 12.1 Å². The van der Waals surface area contributed by atoms with Crippen molar-refractivity contribution in [3.8, 4) is 11.5 Å². The summed E-state index contributed by atoms with van der Waals surface area (Å²) >= 11 is 3.27. The summed E-state index contributed by atoms with van der Waals surface area (Å²) in [6.45, 7) is 2.53. The fourth-order valence-electron chi connectivity index (χ4n) is 3.82. The Morgan fingerprint density at radius 2 is 1.94 bits per heavy atom. The number of rotatable bonds is 7. The first-order valence-corrected chi connectivity index (χ1v) is 11.1. The molecule has 1 saturated heterocycles. The number of aromatic hydroxyl groups is 1. The number of aliphatic hydroxyl groups excluding tert-OH is 1. The van der Waals surface area contributed by atoms with Gasteiger partial charge in [0.2, 0.25) is 0 Å². The van der Waals surface area contributed by atoms with Crippen molar-refractivity contribution in [3.05, 3.63) is 62.9 Å². The summed E-state index contributed by atoms with van der Waals surface area (Å²) in [5, 5.41) is 21.3. The van der Waals surface area contributed by atoms with E-state index in [1.54, 1.807) is 13.0 Å². The van der Waals surface area contributed by atoms with Crippen molar-refractivity contribution in [2.45, 2.75) is 19.4 Å². The molecule has 0 unspecified atom stereocenters. The summed E-state index contributed by atoms with van der Waals surface area (Å²) in [7, 11) is 5.19. The van der Waals surface area contributed by atoms with Crippen molar-refractivity contribution in [1.82, 2.24) is 9.80 Å². The van der Waals surface area contributed by atoms with Gasteiger partial charge in [0.15, 0.2) is 11.5 Å². The average Bonchev–Trinajstić information content (AvgIpc) is 3.01. The lowest BCUT2D eigenvalue weighted by atomic mass is 9.94. The summed E-state index contributed by atoms with van der Waals surface area (Å²) in [5.41, 5.74) is 0.793. The van der Waals surface area contributed by atoms with Gasteiger partial charge in [-0.25, -0.2) is 4.39 Å². The van der Waals surface area contributed by atoms with E-state index >= 15 is 0 Å². The molecule has 9 heteroatoms. The number of amides is 1. The Morgan fingerprint density at radius 3 is 2.55 bits per heavy atom. The molecule has 0 bridgehead atoms. The first-order chi connectivity index (χ1) is 15.6. The molecular weight excluding hydrogens is 495 g/mol. The van der Waals surface area contributed by atoms with Crippen LogP contribution in [0.5, 0.6) is 11.5 Å². The van der Waals surface area contributed by atoms with Crippen LogP contribution < -0.4 is 4.74 Å². The van der Waals surface area contributed by atoms with Gasteiger partial charge < -0.3 is 24.7 Å². The third kappa shape index (κ3) is 4.89. The summed E-state index contributed by atoms with van der Waals surface area (Å²) in [4.78, 5) is 29.4. The minimum Gasteiger partial charge on any atom is -0.507 e. The number of hydrogen-bond acceptors (Lipinski definition) is 6. The van der Waals surface area contributed by atoms with Gasteiger partial charge in [-0.15, -0.1) is 0 Å². The number of aryl methyl sites for hydroxylation is 1. The van der Waals surface area contributed by atoms with Gasteiger partial charge >= 0.3 is 0 Å². The highest BCUT2D eigenvalue weighted by Crippen LogP contribution is 2.44. The van der Waals surface area contributed by atoms with Crippen LogP contribution in [-0.4, -0.2) is 66.0 Å². The Kier molecular flexibility index (Phi) is 7.44. The average molecular weight is 521 g/mol. The number of phenols is 1. The van der Waals surface area contributed by atoms with Gasteiger partial charge in [0.1, 0.15) is 11.6 Å². The molecule has 1 aliphatic heterocycles. The standard InChI is InChI=1S/C24H26BrFN2O5/c1-13-6-7-14(11-17(13)26)21(29)19-20(15-10-16(25)22(30)18(12-15)33-4)28(24(32)23(19)31)9-5-8-27(2)3/h6-7,10-12,20,29-30H,5,8-9H2,1-4H3/t20-/m0/s1. The maximum atomic E-state index is 14.2. The van der Waals surface area contributed by atoms with Crippen LogP contribution in [0.4, 0.5) is 4.39 Å². The molecule has 1 aliphatic rings. The Labute approximate surface area is 200 Å². The summed E-state index contributed by atoms with van der Waals surface area (Å²) in [5.74, 6) is -2.60. The highest BCUT2D eigenvalue weighted by molar-refractivity contribution is 9.10. The van der Waals surface area contributed by atoms with Gasteiger partial charge in [0.25, 0.3) is 11.7 Å². The second-order valence-electron chi connectivity index (χ2n) is 8.17. The number of ketones is 1. The zero-order valence-electron chi connectivity index (χ0n) is 18.9. The first-order valence-electron chi connectivity index (χ1n) is 10.3. The Hall–Kier alpha value is -2.91. The molecule has 0 aromatic heterocycles. The highest BCUT2D eigenvalue weighted by Gasteiger charge is 2.46. The number of benzene rings is 2. The van der Waals surface area contributed by atoms with Crippen molar-refractivity contribution in [3.63, 3.8) is 0 Å². The van der Waals surface area contributed by atoms with E-state index in [4.69, 9.17) is 4.74 Å².